The van der Waals surface area contributed by atoms with Crippen LogP contribution in [0.2, 0.25) is 5.02 Å². The Morgan fingerprint density at radius 2 is 1.38 bits per heavy atom. The van der Waals surface area contributed by atoms with E-state index in [1.54, 1.807) is 0 Å². The van der Waals surface area contributed by atoms with Gasteiger partial charge in [-0.05, 0) is 35.9 Å². The molecule has 0 saturated carbocycles. The Morgan fingerprint density at radius 1 is 0.759 bits per heavy atom. The van der Waals surface area contributed by atoms with E-state index in [1.807, 2.05) is 72.8 Å². The Morgan fingerprint density at radius 3 is 2.10 bits per heavy atom. The fraction of sp³-hybridized carbons (Fsp3) is 0.167. The Labute approximate surface area is 174 Å². The van der Waals surface area contributed by atoms with Crippen LogP contribution >= 0.6 is 11.6 Å². The van der Waals surface area contributed by atoms with Crippen molar-refractivity contribution in [3.63, 3.8) is 0 Å². The molecule has 0 unspecified atom stereocenters. The van der Waals surface area contributed by atoms with Crippen molar-refractivity contribution >= 4 is 17.3 Å². The molecule has 0 bridgehead atoms. The largest absolute Gasteiger partial charge is 0.455 e. The molecule has 1 fully saturated rings. The number of hydrogen-bond acceptors (Lipinski definition) is 4. The molecule has 2 aliphatic heterocycles. The van der Waals surface area contributed by atoms with E-state index in [1.165, 1.54) is 0 Å². The highest BCUT2D eigenvalue weighted by Gasteiger charge is 2.53. The summed E-state index contributed by atoms with van der Waals surface area (Å²) in [5.74, 6) is 0.444. The first kappa shape index (κ1) is 17.6. The lowest BCUT2D eigenvalue weighted by Crippen LogP contribution is -2.27. The van der Waals surface area contributed by atoms with E-state index in [-0.39, 0.29) is 12.1 Å². The van der Waals surface area contributed by atoms with Crippen LogP contribution in [-0.4, -0.2) is 0 Å². The van der Waals surface area contributed by atoms with E-state index >= 15 is 0 Å². The molecule has 3 aromatic rings. The monoisotopic (exact) mass is 397 g/mol. The van der Waals surface area contributed by atoms with Gasteiger partial charge in [-0.3, -0.25) is 0 Å². The number of rotatable bonds is 1. The predicted molar refractivity (Wildman–Crippen MR) is 111 cm³/mol. The van der Waals surface area contributed by atoms with E-state index < -0.39 is 11.8 Å². The van der Waals surface area contributed by atoms with E-state index in [4.69, 9.17) is 16.3 Å². The number of hydrogen-bond donors (Lipinski definition) is 0. The summed E-state index contributed by atoms with van der Waals surface area (Å²) in [7, 11) is 0. The first-order valence-corrected chi connectivity index (χ1v) is 9.79. The standard InChI is InChI=1S/C24H16ClN3O/c25-16-11-9-15(10-12-16)23-18(13-26)19(14-27)24-17-5-1-3-7-21(17)29-22-8-4-2-6-20(22)28(23)24/h1-12,18-19,23-24H/t18-,19+,23+,24-/m0/s1. The molecule has 4 atom stereocenters. The van der Waals surface area contributed by atoms with Gasteiger partial charge in [0.25, 0.3) is 0 Å². The van der Waals surface area contributed by atoms with Gasteiger partial charge < -0.3 is 9.64 Å². The summed E-state index contributed by atoms with van der Waals surface area (Å²) in [6.45, 7) is 0. The van der Waals surface area contributed by atoms with E-state index in [9.17, 15) is 10.5 Å². The maximum absolute atomic E-state index is 10.1. The van der Waals surface area contributed by atoms with Crippen molar-refractivity contribution in [3.8, 4) is 23.6 Å². The van der Waals surface area contributed by atoms with Crippen molar-refractivity contribution in [1.82, 2.24) is 0 Å². The summed E-state index contributed by atoms with van der Waals surface area (Å²) >= 11 is 6.11. The number of anilines is 1. The summed E-state index contributed by atoms with van der Waals surface area (Å²) in [6.07, 6.45) is 0. The van der Waals surface area contributed by atoms with Gasteiger partial charge in [0.2, 0.25) is 0 Å². The predicted octanol–water partition coefficient (Wildman–Crippen LogP) is 6.03. The van der Waals surface area contributed by atoms with Crippen LogP contribution in [0, 0.1) is 34.5 Å². The van der Waals surface area contributed by atoms with Crippen molar-refractivity contribution in [1.29, 1.82) is 10.5 Å². The Bertz CT molecular complexity index is 1160. The van der Waals surface area contributed by atoms with Gasteiger partial charge in [0, 0.05) is 10.6 Å². The molecule has 3 aromatic carbocycles. The number of nitriles is 2. The number of nitrogens with zero attached hydrogens (tertiary/aromatic N) is 3. The van der Waals surface area contributed by atoms with Crippen LogP contribution in [0.1, 0.15) is 23.2 Å². The molecule has 0 aromatic heterocycles. The molecule has 5 heteroatoms. The highest BCUT2D eigenvalue weighted by atomic mass is 35.5. The number of halogens is 1. The van der Waals surface area contributed by atoms with Crippen molar-refractivity contribution < 1.29 is 4.74 Å². The topological polar surface area (TPSA) is 60.0 Å². The lowest BCUT2D eigenvalue weighted by atomic mass is 9.84. The molecule has 0 amide bonds. The minimum absolute atomic E-state index is 0.287. The molecular formula is C24H16ClN3O. The van der Waals surface area contributed by atoms with Crippen LogP contribution in [0.5, 0.6) is 11.5 Å². The average Bonchev–Trinajstić information content (AvgIpc) is 3.01. The Kier molecular flexibility index (Phi) is 4.16. The third kappa shape index (κ3) is 2.65. The average molecular weight is 398 g/mol. The maximum Gasteiger partial charge on any atom is 0.150 e. The van der Waals surface area contributed by atoms with Crippen LogP contribution in [0.3, 0.4) is 0 Å². The van der Waals surface area contributed by atoms with Crippen molar-refractivity contribution in [2.45, 2.75) is 12.1 Å². The third-order valence-electron chi connectivity index (χ3n) is 5.78. The summed E-state index contributed by atoms with van der Waals surface area (Å²) in [4.78, 5) is 2.19. The summed E-state index contributed by atoms with van der Waals surface area (Å²) < 4.78 is 6.25. The third-order valence-corrected chi connectivity index (χ3v) is 6.03. The second kappa shape index (κ2) is 6.85. The van der Waals surface area contributed by atoms with Crippen LogP contribution in [-0.2, 0) is 0 Å². The number of ether oxygens (including phenoxy) is 1. The Hall–Kier alpha value is -3.47. The summed E-state index contributed by atoms with van der Waals surface area (Å²) in [6, 6.07) is 27.4. The fourth-order valence-electron chi connectivity index (χ4n) is 4.58. The van der Waals surface area contributed by atoms with E-state index in [0.717, 1.165) is 28.3 Å². The Balaban J connectivity index is 1.80. The van der Waals surface area contributed by atoms with Gasteiger partial charge in [0.1, 0.15) is 5.75 Å². The zero-order chi connectivity index (χ0) is 20.0. The molecular weight excluding hydrogens is 382 g/mol. The molecule has 29 heavy (non-hydrogen) atoms. The van der Waals surface area contributed by atoms with Gasteiger partial charge in [0.15, 0.2) is 5.75 Å². The number of fused-ring (bicyclic) bond motifs is 5. The van der Waals surface area contributed by atoms with Gasteiger partial charge in [-0.1, -0.05) is 54.1 Å². The molecule has 0 spiro atoms. The SMILES string of the molecule is N#C[C@@H]1[C@H](C#N)[C@@H](c2ccc(Cl)cc2)N2c3ccccc3Oc3ccccc3[C@@H]12. The van der Waals surface area contributed by atoms with Gasteiger partial charge in [0.05, 0.1) is 41.7 Å². The van der Waals surface area contributed by atoms with Crippen LogP contribution in [0.25, 0.3) is 0 Å². The molecule has 0 N–H and O–H groups in total. The van der Waals surface area contributed by atoms with Gasteiger partial charge in [-0.25, -0.2) is 0 Å². The molecule has 0 radical (unpaired) electrons. The van der Waals surface area contributed by atoms with Crippen molar-refractivity contribution in [2.75, 3.05) is 4.90 Å². The first-order chi connectivity index (χ1) is 14.2. The van der Waals surface area contributed by atoms with Gasteiger partial charge in [-0.15, -0.1) is 0 Å². The highest BCUT2D eigenvalue weighted by Crippen LogP contribution is 2.58. The lowest BCUT2D eigenvalue weighted by Gasteiger charge is -2.32. The number of para-hydroxylation sites is 3. The highest BCUT2D eigenvalue weighted by molar-refractivity contribution is 6.30. The zero-order valence-electron chi connectivity index (χ0n) is 15.4. The fourth-order valence-corrected chi connectivity index (χ4v) is 4.70. The quantitative estimate of drug-likeness (QED) is 0.503. The minimum atomic E-state index is -0.503. The van der Waals surface area contributed by atoms with Crippen LogP contribution < -0.4 is 9.64 Å². The normalized spacial score (nSPS) is 24.2. The maximum atomic E-state index is 10.1. The second-order valence-electron chi connectivity index (χ2n) is 7.27. The van der Waals surface area contributed by atoms with Crippen LogP contribution in [0.4, 0.5) is 5.69 Å². The minimum Gasteiger partial charge on any atom is -0.455 e. The summed E-state index contributed by atoms with van der Waals surface area (Å²) in [5.41, 5.74) is 2.76. The first-order valence-electron chi connectivity index (χ1n) is 9.42. The lowest BCUT2D eigenvalue weighted by molar-refractivity contribution is 0.465. The molecule has 5 rings (SSSR count). The van der Waals surface area contributed by atoms with Gasteiger partial charge >= 0.3 is 0 Å². The van der Waals surface area contributed by atoms with Crippen molar-refractivity contribution in [2.24, 2.45) is 11.8 Å². The van der Waals surface area contributed by atoms with Crippen LogP contribution in [0.15, 0.2) is 72.8 Å². The molecule has 4 nitrogen and oxygen atoms in total. The molecule has 1 saturated heterocycles. The van der Waals surface area contributed by atoms with E-state index in [0.29, 0.717) is 5.02 Å². The number of benzene rings is 3. The second-order valence-corrected chi connectivity index (χ2v) is 7.70. The smallest absolute Gasteiger partial charge is 0.150 e. The van der Waals surface area contributed by atoms with Crippen molar-refractivity contribution in [3.05, 3.63) is 88.9 Å². The molecule has 2 aliphatic rings. The van der Waals surface area contributed by atoms with E-state index in [2.05, 4.69) is 17.0 Å². The zero-order valence-corrected chi connectivity index (χ0v) is 16.1. The molecule has 2 heterocycles. The molecule has 0 aliphatic carbocycles. The molecule has 140 valence electrons. The van der Waals surface area contributed by atoms with Gasteiger partial charge in [-0.2, -0.15) is 10.5 Å². The summed E-state index contributed by atoms with van der Waals surface area (Å²) in [5, 5.41) is 20.8.